The number of nitriles is 1. The molecule has 4 heterocycles. The van der Waals surface area contributed by atoms with Gasteiger partial charge < -0.3 is 24.5 Å². The minimum Gasteiger partial charge on any atom is -0.394 e. The van der Waals surface area contributed by atoms with E-state index in [4.69, 9.17) is 9.47 Å². The quantitative estimate of drug-likeness (QED) is 0.655. The molecule has 0 spiro atoms. The number of carbonyl (C=O) groups excluding carboxylic acids is 1. The molecule has 9 heteroatoms. The van der Waals surface area contributed by atoms with E-state index in [1.807, 2.05) is 6.07 Å². The molecule has 5 rings (SSSR count). The molecule has 0 bridgehead atoms. The highest BCUT2D eigenvalue weighted by Gasteiger charge is 2.58. The lowest BCUT2D eigenvalue weighted by Crippen LogP contribution is -2.22. The predicted molar refractivity (Wildman–Crippen MR) is 96.3 cm³/mol. The summed E-state index contributed by atoms with van der Waals surface area (Å²) in [7, 11) is 0. The summed E-state index contributed by atoms with van der Waals surface area (Å²) >= 11 is 0. The molecule has 3 aromatic rings. The number of hydrogen-bond donors (Lipinski definition) is 2. The molecule has 0 saturated carbocycles. The highest BCUT2D eigenvalue weighted by Crippen LogP contribution is 2.46. The molecule has 140 valence electrons. The van der Waals surface area contributed by atoms with Crippen molar-refractivity contribution in [2.24, 2.45) is 0 Å². The molecule has 2 N–H and O–H groups in total. The van der Waals surface area contributed by atoms with Gasteiger partial charge in [0.1, 0.15) is 42.2 Å². The first-order valence-corrected chi connectivity index (χ1v) is 8.75. The fourth-order valence-corrected chi connectivity index (χ4v) is 3.60. The molecule has 4 atom stereocenters. The Morgan fingerprint density at radius 2 is 2.07 bits per heavy atom. The van der Waals surface area contributed by atoms with Crippen LogP contribution < -0.4 is 5.32 Å². The smallest absolute Gasteiger partial charge is 0.256 e. The third-order valence-corrected chi connectivity index (χ3v) is 4.97. The van der Waals surface area contributed by atoms with E-state index in [1.54, 1.807) is 35.0 Å². The van der Waals surface area contributed by atoms with Crippen LogP contribution >= 0.6 is 0 Å². The number of fused-ring (bicyclic) bond motifs is 2. The van der Waals surface area contributed by atoms with Crippen molar-refractivity contribution in [1.82, 2.24) is 14.5 Å². The predicted octanol–water partition coefficient (Wildman–Crippen LogP) is 1.21. The SMILES string of the molecule is N#Cc1cn([C@@H]2O[C@@H](CO)[C@@H]3O[C@@H]32)c2ncnc(NC(=O)c3ccccc3)c12. The fourth-order valence-electron chi connectivity index (χ4n) is 3.60. The Hall–Kier alpha value is -3.32. The number of ether oxygens (including phenoxy) is 2. The van der Waals surface area contributed by atoms with Crippen molar-refractivity contribution in [3.63, 3.8) is 0 Å². The molecule has 2 saturated heterocycles. The molecule has 2 aromatic heterocycles. The van der Waals surface area contributed by atoms with Crippen LogP contribution in [-0.4, -0.2) is 50.5 Å². The minimum absolute atomic E-state index is 0.144. The number of aromatic nitrogens is 3. The second-order valence-corrected chi connectivity index (χ2v) is 6.62. The van der Waals surface area contributed by atoms with Gasteiger partial charge in [-0.15, -0.1) is 0 Å². The lowest BCUT2D eigenvalue weighted by atomic mass is 10.2. The highest BCUT2D eigenvalue weighted by atomic mass is 16.7. The van der Waals surface area contributed by atoms with Gasteiger partial charge in [-0.1, -0.05) is 18.2 Å². The van der Waals surface area contributed by atoms with Crippen LogP contribution in [-0.2, 0) is 9.47 Å². The number of rotatable bonds is 4. The number of nitrogens with zero attached hydrogens (tertiary/aromatic N) is 4. The number of nitrogens with one attached hydrogen (secondary N) is 1. The van der Waals surface area contributed by atoms with Crippen molar-refractivity contribution in [3.8, 4) is 6.07 Å². The third kappa shape index (κ3) is 2.55. The van der Waals surface area contributed by atoms with E-state index < -0.39 is 12.3 Å². The lowest BCUT2D eigenvalue weighted by Gasteiger charge is -2.18. The molecule has 0 unspecified atom stereocenters. The number of carbonyl (C=O) groups is 1. The number of epoxide rings is 1. The molecule has 2 aliphatic rings. The van der Waals surface area contributed by atoms with E-state index in [0.29, 0.717) is 22.2 Å². The Bertz CT molecular complexity index is 1110. The molecular weight excluding hydrogens is 362 g/mol. The zero-order valence-corrected chi connectivity index (χ0v) is 14.5. The van der Waals surface area contributed by atoms with Gasteiger partial charge in [-0.25, -0.2) is 9.97 Å². The van der Waals surface area contributed by atoms with Gasteiger partial charge in [0.05, 0.1) is 17.6 Å². The van der Waals surface area contributed by atoms with E-state index in [2.05, 4.69) is 21.4 Å². The largest absolute Gasteiger partial charge is 0.394 e. The molecular formula is C19H15N5O4. The van der Waals surface area contributed by atoms with Crippen molar-refractivity contribution in [1.29, 1.82) is 5.26 Å². The summed E-state index contributed by atoms with van der Waals surface area (Å²) in [5.41, 5.74) is 1.24. The van der Waals surface area contributed by atoms with E-state index in [-0.39, 0.29) is 30.5 Å². The zero-order chi connectivity index (χ0) is 19.3. The van der Waals surface area contributed by atoms with Crippen LogP contribution in [0.15, 0.2) is 42.9 Å². The zero-order valence-electron chi connectivity index (χ0n) is 14.5. The molecule has 0 radical (unpaired) electrons. The Balaban J connectivity index is 1.55. The maximum atomic E-state index is 12.5. The van der Waals surface area contributed by atoms with Gasteiger partial charge in [-0.3, -0.25) is 4.79 Å². The molecule has 28 heavy (non-hydrogen) atoms. The van der Waals surface area contributed by atoms with Crippen LogP contribution in [0.25, 0.3) is 11.0 Å². The summed E-state index contributed by atoms with van der Waals surface area (Å²) in [5.74, 6) is -0.0839. The average molecular weight is 377 g/mol. The third-order valence-electron chi connectivity index (χ3n) is 4.97. The Morgan fingerprint density at radius 1 is 1.25 bits per heavy atom. The van der Waals surface area contributed by atoms with E-state index >= 15 is 0 Å². The van der Waals surface area contributed by atoms with Gasteiger partial charge in [0, 0.05) is 11.8 Å². The van der Waals surface area contributed by atoms with Crippen molar-refractivity contribution in [2.45, 2.75) is 24.5 Å². The van der Waals surface area contributed by atoms with Crippen molar-refractivity contribution in [3.05, 3.63) is 54.0 Å². The normalized spacial score (nSPS) is 25.3. The first-order chi connectivity index (χ1) is 13.7. The lowest BCUT2D eigenvalue weighted by molar-refractivity contribution is -0.0821. The summed E-state index contributed by atoms with van der Waals surface area (Å²) in [6.07, 6.45) is 1.68. The van der Waals surface area contributed by atoms with E-state index in [0.717, 1.165) is 0 Å². The summed E-state index contributed by atoms with van der Waals surface area (Å²) in [5, 5.41) is 22.2. The van der Waals surface area contributed by atoms with Crippen LogP contribution in [0.1, 0.15) is 22.1 Å². The number of amides is 1. The van der Waals surface area contributed by atoms with Crippen molar-refractivity contribution in [2.75, 3.05) is 11.9 Å². The van der Waals surface area contributed by atoms with Crippen LogP contribution in [0.5, 0.6) is 0 Å². The number of anilines is 1. The number of aliphatic hydroxyl groups is 1. The summed E-state index contributed by atoms with van der Waals surface area (Å²) in [4.78, 5) is 21.0. The van der Waals surface area contributed by atoms with Crippen molar-refractivity contribution < 1.29 is 19.4 Å². The Labute approximate surface area is 159 Å². The fraction of sp³-hybridized carbons (Fsp3) is 0.263. The monoisotopic (exact) mass is 377 g/mol. The summed E-state index contributed by atoms with van der Waals surface area (Å²) < 4.78 is 13.1. The van der Waals surface area contributed by atoms with E-state index in [1.165, 1.54) is 6.33 Å². The summed E-state index contributed by atoms with van der Waals surface area (Å²) in [6, 6.07) is 10.9. The summed E-state index contributed by atoms with van der Waals surface area (Å²) in [6.45, 7) is -0.144. The average Bonchev–Trinajstić information content (AvgIpc) is 3.30. The van der Waals surface area contributed by atoms with Gasteiger partial charge in [0.15, 0.2) is 6.23 Å². The number of hydrogen-bond acceptors (Lipinski definition) is 7. The number of aliphatic hydroxyl groups excluding tert-OH is 1. The maximum Gasteiger partial charge on any atom is 0.256 e. The molecule has 2 fully saturated rings. The molecule has 2 aliphatic heterocycles. The second kappa shape index (κ2) is 6.38. The molecule has 1 aromatic carbocycles. The van der Waals surface area contributed by atoms with Gasteiger partial charge in [0.25, 0.3) is 5.91 Å². The van der Waals surface area contributed by atoms with Gasteiger partial charge in [0.2, 0.25) is 0 Å². The highest BCUT2D eigenvalue weighted by molar-refractivity contribution is 6.08. The minimum atomic E-state index is -0.501. The molecule has 1 amide bonds. The van der Waals surface area contributed by atoms with Crippen molar-refractivity contribution >= 4 is 22.8 Å². The maximum absolute atomic E-state index is 12.5. The second-order valence-electron chi connectivity index (χ2n) is 6.62. The van der Waals surface area contributed by atoms with Crippen LogP contribution in [0.3, 0.4) is 0 Å². The molecule has 9 nitrogen and oxygen atoms in total. The Morgan fingerprint density at radius 3 is 2.79 bits per heavy atom. The van der Waals surface area contributed by atoms with Gasteiger partial charge in [-0.05, 0) is 12.1 Å². The standard InChI is InChI=1S/C19H15N5O4/c20-6-11-7-24(19-15-14(28-15)12(8-25)27-19)17-13(11)16(21-9-22-17)23-18(26)10-4-2-1-3-5-10/h1-5,7,9,12,14-15,19,25H,8H2,(H,21,22,23,26)/t12-,14-,15-,19+/m0/s1. The number of benzene rings is 1. The van der Waals surface area contributed by atoms with Gasteiger partial charge in [-0.2, -0.15) is 5.26 Å². The van der Waals surface area contributed by atoms with Crippen LogP contribution in [0.2, 0.25) is 0 Å². The van der Waals surface area contributed by atoms with E-state index in [9.17, 15) is 15.2 Å². The van der Waals surface area contributed by atoms with Crippen LogP contribution in [0.4, 0.5) is 5.82 Å². The van der Waals surface area contributed by atoms with Gasteiger partial charge >= 0.3 is 0 Å². The first kappa shape index (κ1) is 16.8. The first-order valence-electron chi connectivity index (χ1n) is 8.75. The Kier molecular flexibility index (Phi) is 3.84. The van der Waals surface area contributed by atoms with Crippen LogP contribution in [0, 0.1) is 11.3 Å². The molecule has 0 aliphatic carbocycles. The topological polar surface area (TPSA) is 126 Å².